The SMILES string of the molecule is N/N=C(/CCc1ccc(-n2ccnc(Nc3cc(O)ccc3F)c2=O)cc1)NN. The van der Waals surface area contributed by atoms with Gasteiger partial charge in [0.05, 0.1) is 5.69 Å². The fourth-order valence-electron chi connectivity index (χ4n) is 2.70. The van der Waals surface area contributed by atoms with E-state index < -0.39 is 11.4 Å². The molecular weight excluding hydrogens is 377 g/mol. The van der Waals surface area contributed by atoms with E-state index in [4.69, 9.17) is 11.7 Å². The van der Waals surface area contributed by atoms with Gasteiger partial charge >= 0.3 is 0 Å². The molecule has 0 aliphatic heterocycles. The minimum absolute atomic E-state index is 0.0476. The second-order valence-electron chi connectivity index (χ2n) is 6.13. The van der Waals surface area contributed by atoms with E-state index in [-0.39, 0.29) is 17.3 Å². The molecule has 0 unspecified atom stereocenters. The number of nitrogens with one attached hydrogen (secondary N) is 2. The highest BCUT2D eigenvalue weighted by molar-refractivity contribution is 5.81. The maximum Gasteiger partial charge on any atom is 0.298 e. The monoisotopic (exact) mass is 397 g/mol. The number of aryl methyl sites for hydroxylation is 1. The molecule has 29 heavy (non-hydrogen) atoms. The molecule has 0 aliphatic rings. The molecular formula is C19H20FN7O2. The third-order valence-electron chi connectivity index (χ3n) is 4.23. The Labute approximate surface area is 165 Å². The van der Waals surface area contributed by atoms with E-state index in [0.29, 0.717) is 24.4 Å². The van der Waals surface area contributed by atoms with Crippen molar-refractivity contribution in [3.63, 3.8) is 0 Å². The number of halogens is 1. The minimum Gasteiger partial charge on any atom is -0.508 e. The van der Waals surface area contributed by atoms with Crippen molar-refractivity contribution >= 4 is 17.3 Å². The molecule has 0 bridgehead atoms. The summed E-state index contributed by atoms with van der Waals surface area (Å²) in [4.78, 5) is 16.7. The Bertz CT molecular complexity index is 1080. The quantitative estimate of drug-likeness (QED) is 0.183. The first-order chi connectivity index (χ1) is 14.0. The second-order valence-corrected chi connectivity index (χ2v) is 6.13. The summed E-state index contributed by atoms with van der Waals surface area (Å²) >= 11 is 0. The summed E-state index contributed by atoms with van der Waals surface area (Å²) in [6.45, 7) is 0. The number of hydrogen-bond donors (Lipinski definition) is 5. The number of amidine groups is 1. The number of nitrogens with two attached hydrogens (primary N) is 2. The highest BCUT2D eigenvalue weighted by Crippen LogP contribution is 2.22. The Kier molecular flexibility index (Phi) is 6.05. The van der Waals surface area contributed by atoms with E-state index >= 15 is 0 Å². The lowest BCUT2D eigenvalue weighted by atomic mass is 10.1. The zero-order chi connectivity index (χ0) is 20.8. The van der Waals surface area contributed by atoms with Gasteiger partial charge in [-0.2, -0.15) is 5.10 Å². The Morgan fingerprint density at radius 2 is 2.00 bits per heavy atom. The van der Waals surface area contributed by atoms with Gasteiger partial charge in [0.15, 0.2) is 5.82 Å². The van der Waals surface area contributed by atoms with Gasteiger partial charge in [-0.3, -0.25) is 9.36 Å². The van der Waals surface area contributed by atoms with Gasteiger partial charge in [-0.05, 0) is 36.2 Å². The van der Waals surface area contributed by atoms with E-state index in [1.54, 1.807) is 12.1 Å². The van der Waals surface area contributed by atoms with Crippen LogP contribution in [0.4, 0.5) is 15.9 Å². The summed E-state index contributed by atoms with van der Waals surface area (Å²) in [5.41, 5.74) is 3.53. The number of aromatic nitrogens is 2. The van der Waals surface area contributed by atoms with Crippen molar-refractivity contribution in [2.24, 2.45) is 16.8 Å². The molecule has 0 spiro atoms. The van der Waals surface area contributed by atoms with Crippen molar-refractivity contribution < 1.29 is 9.50 Å². The molecule has 0 radical (unpaired) electrons. The van der Waals surface area contributed by atoms with Gasteiger partial charge in [0.1, 0.15) is 17.4 Å². The van der Waals surface area contributed by atoms with E-state index in [1.165, 1.54) is 29.1 Å². The number of phenols is 1. The molecule has 0 saturated carbocycles. The van der Waals surface area contributed by atoms with Crippen molar-refractivity contribution in [3.05, 3.63) is 76.6 Å². The third kappa shape index (κ3) is 4.68. The van der Waals surface area contributed by atoms with Gasteiger partial charge in [-0.25, -0.2) is 15.2 Å². The Hall–Kier alpha value is -3.92. The van der Waals surface area contributed by atoms with Gasteiger partial charge in [0, 0.05) is 30.6 Å². The molecule has 2 aromatic carbocycles. The fraction of sp³-hybridized carbons (Fsp3) is 0.105. The average molecular weight is 397 g/mol. The lowest BCUT2D eigenvalue weighted by Gasteiger charge is -2.11. The van der Waals surface area contributed by atoms with Crippen LogP contribution in [-0.4, -0.2) is 20.5 Å². The summed E-state index contributed by atoms with van der Waals surface area (Å²) in [7, 11) is 0. The van der Waals surface area contributed by atoms with Crippen LogP contribution in [0.25, 0.3) is 5.69 Å². The topological polar surface area (TPSA) is 144 Å². The first kappa shape index (κ1) is 19.8. The van der Waals surface area contributed by atoms with E-state index in [2.05, 4.69) is 20.8 Å². The summed E-state index contributed by atoms with van der Waals surface area (Å²) in [5, 5.41) is 15.7. The number of aromatic hydroxyl groups is 1. The number of anilines is 2. The Morgan fingerprint density at radius 3 is 2.69 bits per heavy atom. The van der Waals surface area contributed by atoms with E-state index in [9.17, 15) is 14.3 Å². The molecule has 0 aliphatic carbocycles. The number of hydrazine groups is 1. The third-order valence-corrected chi connectivity index (χ3v) is 4.23. The van der Waals surface area contributed by atoms with Crippen molar-refractivity contribution in [1.82, 2.24) is 15.0 Å². The molecule has 0 saturated heterocycles. The smallest absolute Gasteiger partial charge is 0.298 e. The second kappa shape index (κ2) is 8.85. The number of rotatable bonds is 6. The van der Waals surface area contributed by atoms with Gasteiger partial charge in [0.25, 0.3) is 5.56 Å². The van der Waals surface area contributed by atoms with Crippen LogP contribution in [0, 0.1) is 5.82 Å². The first-order valence-corrected chi connectivity index (χ1v) is 8.67. The summed E-state index contributed by atoms with van der Waals surface area (Å²) < 4.78 is 15.3. The number of phenolic OH excluding ortho intramolecular Hbond substituents is 1. The molecule has 7 N–H and O–H groups in total. The lowest BCUT2D eigenvalue weighted by Crippen LogP contribution is -2.31. The number of hydrogen-bond acceptors (Lipinski definition) is 7. The molecule has 150 valence electrons. The first-order valence-electron chi connectivity index (χ1n) is 8.67. The zero-order valence-electron chi connectivity index (χ0n) is 15.3. The lowest BCUT2D eigenvalue weighted by molar-refractivity contribution is 0.473. The largest absolute Gasteiger partial charge is 0.508 e. The van der Waals surface area contributed by atoms with Crippen LogP contribution in [0.3, 0.4) is 0 Å². The molecule has 9 nitrogen and oxygen atoms in total. The molecule has 0 amide bonds. The normalized spacial score (nSPS) is 11.3. The van der Waals surface area contributed by atoms with Crippen LogP contribution in [0.1, 0.15) is 12.0 Å². The molecule has 10 heteroatoms. The van der Waals surface area contributed by atoms with Crippen LogP contribution >= 0.6 is 0 Å². The van der Waals surface area contributed by atoms with E-state index in [1.807, 2.05) is 12.1 Å². The van der Waals surface area contributed by atoms with Gasteiger partial charge in [-0.1, -0.05) is 12.1 Å². The predicted octanol–water partition coefficient (Wildman–Crippen LogP) is 1.49. The van der Waals surface area contributed by atoms with Crippen molar-refractivity contribution in [2.75, 3.05) is 5.32 Å². The molecule has 0 fully saturated rings. The molecule has 3 rings (SSSR count). The van der Waals surface area contributed by atoms with Crippen LogP contribution in [0.5, 0.6) is 5.75 Å². The number of nitrogens with zero attached hydrogens (tertiary/aromatic N) is 3. The van der Waals surface area contributed by atoms with Crippen molar-refractivity contribution in [2.45, 2.75) is 12.8 Å². The van der Waals surface area contributed by atoms with Crippen LogP contribution in [-0.2, 0) is 6.42 Å². The van der Waals surface area contributed by atoms with Crippen molar-refractivity contribution in [3.8, 4) is 11.4 Å². The van der Waals surface area contributed by atoms with Crippen LogP contribution in [0.15, 0.2) is 64.8 Å². The average Bonchev–Trinajstić information content (AvgIpc) is 2.73. The molecule has 1 heterocycles. The number of hydrazone groups is 1. The summed E-state index contributed by atoms with van der Waals surface area (Å²) in [6.07, 6.45) is 4.15. The van der Waals surface area contributed by atoms with Gasteiger partial charge < -0.3 is 21.7 Å². The zero-order valence-corrected chi connectivity index (χ0v) is 15.3. The highest BCUT2D eigenvalue weighted by Gasteiger charge is 2.10. The summed E-state index contributed by atoms with van der Waals surface area (Å²) in [5.74, 6) is 10.2. The maximum atomic E-state index is 13.9. The minimum atomic E-state index is -0.615. The standard InChI is InChI=1S/C19H20FN7O2/c20-15-7-6-14(28)11-16(15)24-18-19(29)27(10-9-23-18)13-4-1-12(2-5-13)3-8-17(25-21)26-22/h1-2,4-7,9-11,28H,3,8,21-22H2,(H,23,24)(H,25,26). The Balaban J connectivity index is 1.82. The molecule has 0 atom stereocenters. The van der Waals surface area contributed by atoms with Gasteiger partial charge in [0.2, 0.25) is 0 Å². The van der Waals surface area contributed by atoms with Crippen LogP contribution < -0.4 is 28.0 Å². The molecule has 1 aromatic heterocycles. The summed E-state index contributed by atoms with van der Waals surface area (Å²) in [6, 6.07) is 10.8. The molecule has 3 aromatic rings. The predicted molar refractivity (Wildman–Crippen MR) is 108 cm³/mol. The highest BCUT2D eigenvalue weighted by atomic mass is 19.1. The number of benzene rings is 2. The van der Waals surface area contributed by atoms with E-state index in [0.717, 1.165) is 11.6 Å². The maximum absolute atomic E-state index is 13.9. The van der Waals surface area contributed by atoms with Crippen molar-refractivity contribution in [1.29, 1.82) is 0 Å². The van der Waals surface area contributed by atoms with Gasteiger partial charge in [-0.15, -0.1) is 0 Å². The Morgan fingerprint density at radius 1 is 1.24 bits per heavy atom. The fourth-order valence-corrected chi connectivity index (χ4v) is 2.70. The van der Waals surface area contributed by atoms with Crippen LogP contribution in [0.2, 0.25) is 0 Å².